The van der Waals surface area contributed by atoms with Crippen molar-refractivity contribution in [2.45, 2.75) is 20.0 Å². The van der Waals surface area contributed by atoms with Gasteiger partial charge in [-0.1, -0.05) is 12.1 Å². The number of rotatable bonds is 6. The largest absolute Gasteiger partial charge is 0.496 e. The highest BCUT2D eigenvalue weighted by atomic mass is 16.5. The Morgan fingerprint density at radius 3 is 2.30 bits per heavy atom. The number of benzene rings is 1. The molecule has 1 aromatic carbocycles. The molecule has 0 spiro atoms. The van der Waals surface area contributed by atoms with E-state index in [1.807, 2.05) is 37.4 Å². The summed E-state index contributed by atoms with van der Waals surface area (Å²) in [6, 6.07) is 9.83. The number of aromatic nitrogens is 1. The van der Waals surface area contributed by atoms with E-state index in [4.69, 9.17) is 9.47 Å². The summed E-state index contributed by atoms with van der Waals surface area (Å²) in [5, 5.41) is 3.41. The van der Waals surface area contributed by atoms with Gasteiger partial charge in [0.05, 0.1) is 14.2 Å². The van der Waals surface area contributed by atoms with Crippen LogP contribution in [0.25, 0.3) is 0 Å². The van der Waals surface area contributed by atoms with Gasteiger partial charge >= 0.3 is 0 Å². The Balaban J connectivity index is 2.06. The van der Waals surface area contributed by atoms with Crippen LogP contribution in [0.5, 0.6) is 11.5 Å². The van der Waals surface area contributed by atoms with E-state index in [0.717, 1.165) is 29.3 Å². The van der Waals surface area contributed by atoms with Crippen molar-refractivity contribution in [2.75, 3.05) is 14.2 Å². The second-order valence-corrected chi connectivity index (χ2v) is 4.49. The van der Waals surface area contributed by atoms with E-state index in [1.165, 1.54) is 5.56 Å². The normalized spacial score (nSPS) is 10.3. The van der Waals surface area contributed by atoms with Crippen LogP contribution in [-0.2, 0) is 13.1 Å². The summed E-state index contributed by atoms with van der Waals surface area (Å²) in [7, 11) is 3.34. The topological polar surface area (TPSA) is 43.4 Å². The second kappa shape index (κ2) is 6.91. The van der Waals surface area contributed by atoms with Crippen molar-refractivity contribution in [1.29, 1.82) is 0 Å². The van der Waals surface area contributed by atoms with E-state index in [0.29, 0.717) is 6.54 Å². The van der Waals surface area contributed by atoms with Gasteiger partial charge in [0.25, 0.3) is 0 Å². The molecule has 0 aliphatic heterocycles. The number of hydrogen-bond donors (Lipinski definition) is 1. The minimum atomic E-state index is 0.682. The summed E-state index contributed by atoms with van der Waals surface area (Å²) in [6.45, 7) is 3.46. The van der Waals surface area contributed by atoms with Crippen molar-refractivity contribution in [3.8, 4) is 11.5 Å². The average molecular weight is 272 g/mol. The second-order valence-electron chi connectivity index (χ2n) is 4.49. The first kappa shape index (κ1) is 14.3. The molecule has 0 amide bonds. The standard InChI is InChI=1S/C16H20N2O2/c1-12-13(6-5-9-18-12)10-17-11-14-15(19-2)7-4-8-16(14)20-3/h4-9,17H,10-11H2,1-3H3. The van der Waals surface area contributed by atoms with Gasteiger partial charge in [-0.15, -0.1) is 0 Å². The van der Waals surface area contributed by atoms with E-state index in [9.17, 15) is 0 Å². The zero-order valence-electron chi connectivity index (χ0n) is 12.1. The minimum Gasteiger partial charge on any atom is -0.496 e. The highest BCUT2D eigenvalue weighted by molar-refractivity contribution is 5.44. The van der Waals surface area contributed by atoms with Gasteiger partial charge in [-0.25, -0.2) is 0 Å². The monoisotopic (exact) mass is 272 g/mol. The molecule has 1 N–H and O–H groups in total. The van der Waals surface area contributed by atoms with Crippen LogP contribution in [0.2, 0.25) is 0 Å². The first-order valence-corrected chi connectivity index (χ1v) is 6.57. The first-order valence-electron chi connectivity index (χ1n) is 6.57. The molecule has 0 saturated carbocycles. The molecule has 0 unspecified atom stereocenters. The van der Waals surface area contributed by atoms with Crippen LogP contribution in [-0.4, -0.2) is 19.2 Å². The van der Waals surface area contributed by atoms with Gasteiger partial charge in [-0.05, 0) is 30.7 Å². The Bertz CT molecular complexity index is 548. The molecule has 0 aliphatic carbocycles. The smallest absolute Gasteiger partial charge is 0.127 e. The lowest BCUT2D eigenvalue weighted by atomic mass is 10.1. The van der Waals surface area contributed by atoms with Crippen LogP contribution in [0.3, 0.4) is 0 Å². The average Bonchev–Trinajstić information content (AvgIpc) is 2.49. The van der Waals surface area contributed by atoms with Crippen molar-refractivity contribution < 1.29 is 9.47 Å². The van der Waals surface area contributed by atoms with E-state index in [2.05, 4.69) is 16.4 Å². The van der Waals surface area contributed by atoms with Gasteiger partial charge in [-0.3, -0.25) is 4.98 Å². The molecule has 4 nitrogen and oxygen atoms in total. The molecule has 2 aromatic rings. The summed E-state index contributed by atoms with van der Waals surface area (Å²) >= 11 is 0. The molecule has 0 atom stereocenters. The van der Waals surface area contributed by atoms with Crippen LogP contribution < -0.4 is 14.8 Å². The quantitative estimate of drug-likeness (QED) is 0.878. The van der Waals surface area contributed by atoms with Crippen LogP contribution >= 0.6 is 0 Å². The fraction of sp³-hybridized carbons (Fsp3) is 0.312. The Kier molecular flexibility index (Phi) is 4.96. The van der Waals surface area contributed by atoms with Crippen molar-refractivity contribution in [3.63, 3.8) is 0 Å². The third-order valence-electron chi connectivity index (χ3n) is 3.26. The molecule has 0 aliphatic rings. The molecule has 20 heavy (non-hydrogen) atoms. The van der Waals surface area contributed by atoms with E-state index < -0.39 is 0 Å². The summed E-state index contributed by atoms with van der Waals surface area (Å²) in [5.41, 5.74) is 3.27. The summed E-state index contributed by atoms with van der Waals surface area (Å²) in [4.78, 5) is 4.28. The third-order valence-corrected chi connectivity index (χ3v) is 3.26. The van der Waals surface area contributed by atoms with Gasteiger partial charge in [0, 0.05) is 30.5 Å². The van der Waals surface area contributed by atoms with Gasteiger partial charge in [-0.2, -0.15) is 0 Å². The third kappa shape index (κ3) is 3.27. The van der Waals surface area contributed by atoms with E-state index >= 15 is 0 Å². The number of methoxy groups -OCH3 is 2. The fourth-order valence-electron chi connectivity index (χ4n) is 2.13. The molecule has 0 saturated heterocycles. The maximum atomic E-state index is 5.38. The lowest BCUT2D eigenvalue weighted by Crippen LogP contribution is -2.15. The predicted octanol–water partition coefficient (Wildman–Crippen LogP) is 2.70. The van der Waals surface area contributed by atoms with Gasteiger partial charge in [0.15, 0.2) is 0 Å². The lowest BCUT2D eigenvalue weighted by Gasteiger charge is -2.14. The van der Waals surface area contributed by atoms with Crippen molar-refractivity contribution in [1.82, 2.24) is 10.3 Å². The molecular weight excluding hydrogens is 252 g/mol. The van der Waals surface area contributed by atoms with Gasteiger partial charge in [0.1, 0.15) is 11.5 Å². The molecule has 0 bridgehead atoms. The zero-order valence-corrected chi connectivity index (χ0v) is 12.1. The van der Waals surface area contributed by atoms with Gasteiger partial charge < -0.3 is 14.8 Å². The molecular formula is C16H20N2O2. The van der Waals surface area contributed by atoms with Crippen LogP contribution in [0.1, 0.15) is 16.8 Å². The molecule has 2 rings (SSSR count). The van der Waals surface area contributed by atoms with Crippen molar-refractivity contribution in [3.05, 3.63) is 53.3 Å². The highest BCUT2D eigenvalue weighted by Gasteiger charge is 2.09. The Morgan fingerprint density at radius 2 is 1.70 bits per heavy atom. The fourth-order valence-corrected chi connectivity index (χ4v) is 2.13. The molecule has 1 heterocycles. The summed E-state index contributed by atoms with van der Waals surface area (Å²) < 4.78 is 10.8. The SMILES string of the molecule is COc1cccc(OC)c1CNCc1cccnc1C. The zero-order chi connectivity index (χ0) is 14.4. The molecule has 106 valence electrons. The Labute approximate surface area is 119 Å². The molecule has 0 radical (unpaired) electrons. The highest BCUT2D eigenvalue weighted by Crippen LogP contribution is 2.27. The predicted molar refractivity (Wildman–Crippen MR) is 79.1 cm³/mol. The first-order chi connectivity index (χ1) is 9.76. The maximum Gasteiger partial charge on any atom is 0.127 e. The number of aryl methyl sites for hydroxylation is 1. The summed E-state index contributed by atoms with van der Waals surface area (Å²) in [6.07, 6.45) is 1.81. The minimum absolute atomic E-state index is 0.682. The number of nitrogens with one attached hydrogen (secondary N) is 1. The molecule has 0 fully saturated rings. The van der Waals surface area contributed by atoms with E-state index in [1.54, 1.807) is 14.2 Å². The van der Waals surface area contributed by atoms with Crippen LogP contribution in [0.4, 0.5) is 0 Å². The number of pyridine rings is 1. The molecule has 1 aromatic heterocycles. The summed E-state index contributed by atoms with van der Waals surface area (Å²) in [5.74, 6) is 1.67. The van der Waals surface area contributed by atoms with Gasteiger partial charge in [0.2, 0.25) is 0 Å². The van der Waals surface area contributed by atoms with E-state index in [-0.39, 0.29) is 0 Å². The number of hydrogen-bond acceptors (Lipinski definition) is 4. The number of ether oxygens (including phenoxy) is 2. The van der Waals surface area contributed by atoms with Crippen molar-refractivity contribution >= 4 is 0 Å². The molecule has 4 heteroatoms. The van der Waals surface area contributed by atoms with Crippen LogP contribution in [0.15, 0.2) is 36.5 Å². The lowest BCUT2D eigenvalue weighted by molar-refractivity contribution is 0.382. The van der Waals surface area contributed by atoms with Crippen LogP contribution in [0, 0.1) is 6.92 Å². The van der Waals surface area contributed by atoms with Crippen molar-refractivity contribution in [2.24, 2.45) is 0 Å². The Hall–Kier alpha value is -2.07. The number of nitrogens with zero attached hydrogens (tertiary/aromatic N) is 1. The Morgan fingerprint density at radius 1 is 1.00 bits per heavy atom. The maximum absolute atomic E-state index is 5.38.